The van der Waals surface area contributed by atoms with E-state index in [1.807, 2.05) is 0 Å². The summed E-state index contributed by atoms with van der Waals surface area (Å²) in [6.07, 6.45) is 1.62. The molecule has 1 heterocycles. The Kier molecular flexibility index (Phi) is 2.24. The number of rotatable bonds is 2. The molecule has 0 radical (unpaired) electrons. The van der Waals surface area contributed by atoms with Crippen LogP contribution in [0.3, 0.4) is 0 Å². The number of nitrogens with zero attached hydrogens (tertiary/aromatic N) is 1. The Labute approximate surface area is 63.7 Å². The molecule has 10 heavy (non-hydrogen) atoms. The van der Waals surface area contributed by atoms with Gasteiger partial charge in [0.05, 0.1) is 11.2 Å². The Morgan fingerprint density at radius 2 is 2.40 bits per heavy atom. The van der Waals surface area contributed by atoms with Crippen molar-refractivity contribution in [2.75, 3.05) is 5.48 Å². The van der Waals surface area contributed by atoms with Gasteiger partial charge < -0.3 is 0 Å². The Morgan fingerprint density at radius 3 is 2.70 bits per heavy atom. The van der Waals surface area contributed by atoms with Crippen LogP contribution in [0, 0.1) is 0 Å². The van der Waals surface area contributed by atoms with Crippen molar-refractivity contribution in [2.45, 2.75) is 19.8 Å². The number of thiazole rings is 1. The van der Waals surface area contributed by atoms with E-state index in [4.69, 9.17) is 5.21 Å². The van der Waals surface area contributed by atoms with Crippen molar-refractivity contribution in [3.05, 3.63) is 11.2 Å². The monoisotopic (exact) mass is 158 g/mol. The van der Waals surface area contributed by atoms with Crippen LogP contribution in [0.4, 0.5) is 5.00 Å². The fourth-order valence-electron chi connectivity index (χ4n) is 0.606. The van der Waals surface area contributed by atoms with Gasteiger partial charge >= 0.3 is 0 Å². The summed E-state index contributed by atoms with van der Waals surface area (Å²) in [5.74, 6) is 0.437. The molecule has 0 unspecified atom stereocenters. The molecule has 56 valence electrons. The second-order valence-electron chi connectivity index (χ2n) is 2.33. The molecule has 0 spiro atoms. The Balaban J connectivity index is 2.78. The number of hydrogen-bond donors (Lipinski definition) is 2. The van der Waals surface area contributed by atoms with Crippen LogP contribution < -0.4 is 5.48 Å². The van der Waals surface area contributed by atoms with Crippen molar-refractivity contribution in [2.24, 2.45) is 0 Å². The summed E-state index contributed by atoms with van der Waals surface area (Å²) in [5, 5.41) is 10.2. The van der Waals surface area contributed by atoms with Crippen LogP contribution in [-0.4, -0.2) is 10.2 Å². The second-order valence-corrected chi connectivity index (χ2v) is 3.39. The van der Waals surface area contributed by atoms with Crippen molar-refractivity contribution >= 4 is 16.3 Å². The largest absolute Gasteiger partial charge is 0.290 e. The van der Waals surface area contributed by atoms with Gasteiger partial charge in [0.1, 0.15) is 5.00 Å². The summed E-state index contributed by atoms with van der Waals surface area (Å²) in [6, 6.07) is 0. The molecule has 0 bridgehead atoms. The van der Waals surface area contributed by atoms with Crippen LogP contribution in [0.5, 0.6) is 0 Å². The van der Waals surface area contributed by atoms with E-state index in [9.17, 15) is 0 Å². The summed E-state index contributed by atoms with van der Waals surface area (Å²) < 4.78 is 0. The van der Waals surface area contributed by atoms with Crippen LogP contribution in [0.15, 0.2) is 6.20 Å². The van der Waals surface area contributed by atoms with Crippen molar-refractivity contribution in [1.29, 1.82) is 0 Å². The Morgan fingerprint density at radius 1 is 1.70 bits per heavy atom. The van der Waals surface area contributed by atoms with Gasteiger partial charge in [-0.1, -0.05) is 25.2 Å². The molecule has 2 N–H and O–H groups in total. The summed E-state index contributed by atoms with van der Waals surface area (Å²) in [5.41, 5.74) is 2.06. The zero-order chi connectivity index (χ0) is 7.56. The predicted molar refractivity (Wildman–Crippen MR) is 41.6 cm³/mol. The average Bonchev–Trinajstić information content (AvgIpc) is 2.34. The standard InChI is InChI=1S/C6H10N2OS/c1-4(2)6-7-3-5(8-9)10-6/h3-4,8-9H,1-2H3. The van der Waals surface area contributed by atoms with E-state index in [2.05, 4.69) is 24.3 Å². The summed E-state index contributed by atoms with van der Waals surface area (Å²) in [6.45, 7) is 4.14. The molecule has 3 nitrogen and oxygen atoms in total. The molecule has 0 aromatic carbocycles. The van der Waals surface area contributed by atoms with Gasteiger partial charge in [-0.2, -0.15) is 0 Å². The quantitative estimate of drug-likeness (QED) is 0.647. The fourth-order valence-corrected chi connectivity index (χ4v) is 1.32. The van der Waals surface area contributed by atoms with E-state index in [1.54, 1.807) is 6.20 Å². The zero-order valence-electron chi connectivity index (χ0n) is 5.96. The summed E-state index contributed by atoms with van der Waals surface area (Å²) in [7, 11) is 0. The first-order chi connectivity index (χ1) is 4.74. The zero-order valence-corrected chi connectivity index (χ0v) is 6.77. The molecule has 4 heteroatoms. The van der Waals surface area contributed by atoms with E-state index in [0.29, 0.717) is 10.9 Å². The number of nitrogens with one attached hydrogen (secondary N) is 1. The van der Waals surface area contributed by atoms with Gasteiger partial charge in [0.25, 0.3) is 0 Å². The maximum atomic E-state index is 8.45. The molecule has 0 aliphatic heterocycles. The minimum atomic E-state index is 0.437. The molecule has 1 aromatic rings. The smallest absolute Gasteiger partial charge is 0.133 e. The van der Waals surface area contributed by atoms with E-state index >= 15 is 0 Å². The fraction of sp³-hybridized carbons (Fsp3) is 0.500. The van der Waals surface area contributed by atoms with Crippen molar-refractivity contribution in [3.63, 3.8) is 0 Å². The van der Waals surface area contributed by atoms with Crippen molar-refractivity contribution < 1.29 is 5.21 Å². The van der Waals surface area contributed by atoms with E-state index < -0.39 is 0 Å². The summed E-state index contributed by atoms with van der Waals surface area (Å²) in [4.78, 5) is 4.08. The van der Waals surface area contributed by atoms with Crippen LogP contribution in [0.2, 0.25) is 0 Å². The maximum Gasteiger partial charge on any atom is 0.133 e. The van der Waals surface area contributed by atoms with Crippen LogP contribution in [0.25, 0.3) is 0 Å². The van der Waals surface area contributed by atoms with Crippen LogP contribution in [-0.2, 0) is 0 Å². The third kappa shape index (κ3) is 1.46. The van der Waals surface area contributed by atoms with Gasteiger partial charge in [0.2, 0.25) is 0 Å². The van der Waals surface area contributed by atoms with Gasteiger partial charge in [-0.15, -0.1) is 0 Å². The normalized spacial score (nSPS) is 10.4. The topological polar surface area (TPSA) is 45.2 Å². The number of anilines is 1. The Bertz CT molecular complexity index is 209. The van der Waals surface area contributed by atoms with E-state index in [0.717, 1.165) is 5.01 Å². The van der Waals surface area contributed by atoms with E-state index in [1.165, 1.54) is 11.3 Å². The highest BCUT2D eigenvalue weighted by molar-refractivity contribution is 7.15. The molecular formula is C6H10N2OS. The lowest BCUT2D eigenvalue weighted by molar-refractivity contribution is 0.391. The molecular weight excluding hydrogens is 148 g/mol. The first kappa shape index (κ1) is 7.50. The molecule has 0 aliphatic rings. The van der Waals surface area contributed by atoms with Crippen LogP contribution in [0.1, 0.15) is 24.8 Å². The minimum absolute atomic E-state index is 0.437. The van der Waals surface area contributed by atoms with Gasteiger partial charge in [0, 0.05) is 5.92 Å². The highest BCUT2D eigenvalue weighted by Gasteiger charge is 2.03. The van der Waals surface area contributed by atoms with Crippen LogP contribution >= 0.6 is 11.3 Å². The van der Waals surface area contributed by atoms with Gasteiger partial charge in [-0.3, -0.25) is 10.7 Å². The third-order valence-electron chi connectivity index (χ3n) is 1.13. The highest BCUT2D eigenvalue weighted by atomic mass is 32.1. The molecule has 0 amide bonds. The molecule has 1 aromatic heterocycles. The van der Waals surface area contributed by atoms with E-state index in [-0.39, 0.29) is 0 Å². The van der Waals surface area contributed by atoms with Crippen molar-refractivity contribution in [1.82, 2.24) is 4.98 Å². The lowest BCUT2D eigenvalue weighted by Gasteiger charge is -1.94. The highest BCUT2D eigenvalue weighted by Crippen LogP contribution is 2.23. The molecule has 0 atom stereocenters. The molecule has 0 fully saturated rings. The first-order valence-corrected chi connectivity index (χ1v) is 3.91. The maximum absolute atomic E-state index is 8.45. The Hall–Kier alpha value is -0.610. The van der Waals surface area contributed by atoms with Gasteiger partial charge in [-0.05, 0) is 0 Å². The lowest BCUT2D eigenvalue weighted by Crippen LogP contribution is -1.82. The van der Waals surface area contributed by atoms with Gasteiger partial charge in [-0.25, -0.2) is 4.98 Å². The SMILES string of the molecule is CC(C)c1ncc(NO)s1. The summed E-state index contributed by atoms with van der Waals surface area (Å²) >= 11 is 1.47. The molecule has 0 saturated carbocycles. The predicted octanol–water partition coefficient (Wildman–Crippen LogP) is 2.07. The lowest BCUT2D eigenvalue weighted by atomic mass is 10.2. The first-order valence-electron chi connectivity index (χ1n) is 3.10. The van der Waals surface area contributed by atoms with Crippen molar-refractivity contribution in [3.8, 4) is 0 Å². The van der Waals surface area contributed by atoms with Gasteiger partial charge in [0.15, 0.2) is 0 Å². The number of aromatic nitrogens is 1. The second kappa shape index (κ2) is 2.98. The molecule has 0 saturated heterocycles. The molecule has 0 aliphatic carbocycles. The average molecular weight is 158 g/mol. The minimum Gasteiger partial charge on any atom is -0.290 e. The molecule has 1 rings (SSSR count). The number of hydrogen-bond acceptors (Lipinski definition) is 4. The third-order valence-corrected chi connectivity index (χ3v) is 2.33.